The molecule has 7 heteroatoms. The lowest BCUT2D eigenvalue weighted by Crippen LogP contribution is -2.43. The van der Waals surface area contributed by atoms with E-state index in [0.29, 0.717) is 19.1 Å². The normalized spacial score (nSPS) is 12.5. The molecular weight excluding hydrogens is 435 g/mol. The van der Waals surface area contributed by atoms with Gasteiger partial charge in [-0.25, -0.2) is 0 Å². The summed E-state index contributed by atoms with van der Waals surface area (Å²) in [6.07, 6.45) is 0.979. The third-order valence-electron chi connectivity index (χ3n) is 3.24. The van der Waals surface area contributed by atoms with Crippen molar-refractivity contribution in [3.05, 3.63) is 21.9 Å². The van der Waals surface area contributed by atoms with Crippen LogP contribution < -0.4 is 16.0 Å². The van der Waals surface area contributed by atoms with Gasteiger partial charge in [-0.15, -0.1) is 35.3 Å². The molecule has 3 N–H and O–H groups in total. The second-order valence-electron chi connectivity index (χ2n) is 5.97. The van der Waals surface area contributed by atoms with Crippen LogP contribution in [0.5, 0.6) is 0 Å². The number of nitrogens with one attached hydrogen (secondary N) is 3. The predicted octanol–water partition coefficient (Wildman–Crippen LogP) is 2.93. The summed E-state index contributed by atoms with van der Waals surface area (Å²) in [7, 11) is 0. The monoisotopic (exact) mass is 466 g/mol. The number of rotatable bonds is 8. The fraction of sp³-hybridized carbons (Fsp3) is 0.647. The van der Waals surface area contributed by atoms with E-state index in [-0.39, 0.29) is 35.8 Å². The zero-order chi connectivity index (χ0) is 17.2. The second-order valence-corrected chi connectivity index (χ2v) is 7.34. The lowest BCUT2D eigenvalue weighted by atomic mass is 10.2. The molecule has 0 bridgehead atoms. The molecule has 24 heavy (non-hydrogen) atoms. The summed E-state index contributed by atoms with van der Waals surface area (Å²) in [6, 6.07) is 4.64. The Labute approximate surface area is 167 Å². The Morgan fingerprint density at radius 1 is 1.25 bits per heavy atom. The van der Waals surface area contributed by atoms with Gasteiger partial charge in [-0.2, -0.15) is 0 Å². The molecule has 138 valence electrons. The first-order valence-corrected chi connectivity index (χ1v) is 9.11. The van der Waals surface area contributed by atoms with Gasteiger partial charge in [-0.05, 0) is 32.9 Å². The van der Waals surface area contributed by atoms with Gasteiger partial charge in [0.05, 0.1) is 6.54 Å². The zero-order valence-electron chi connectivity index (χ0n) is 15.3. The van der Waals surface area contributed by atoms with Crippen LogP contribution in [0, 0.1) is 12.8 Å². The molecule has 1 aromatic rings. The quantitative estimate of drug-likeness (QED) is 0.239. The van der Waals surface area contributed by atoms with Crippen LogP contribution in [0.15, 0.2) is 17.1 Å². The number of hydrogen-bond acceptors (Lipinski definition) is 3. The van der Waals surface area contributed by atoms with Gasteiger partial charge in [0.2, 0.25) is 5.91 Å². The van der Waals surface area contributed by atoms with E-state index in [1.807, 2.05) is 32.1 Å². The van der Waals surface area contributed by atoms with Crippen LogP contribution in [0.25, 0.3) is 0 Å². The third kappa shape index (κ3) is 9.46. The maximum atomic E-state index is 11.5. The van der Waals surface area contributed by atoms with Crippen LogP contribution in [-0.2, 0) is 11.2 Å². The number of amides is 1. The number of thiophene rings is 1. The molecule has 1 atom stereocenters. The van der Waals surface area contributed by atoms with E-state index in [1.165, 1.54) is 9.75 Å². The Hall–Kier alpha value is -0.830. The van der Waals surface area contributed by atoms with Crippen LogP contribution in [0.1, 0.15) is 37.4 Å². The van der Waals surface area contributed by atoms with E-state index in [2.05, 4.69) is 46.9 Å². The SMILES string of the molecule is CCNC(=NCCNC(=O)C(C)C)NC(C)Cc1ccc(C)s1.I. The highest BCUT2D eigenvalue weighted by Crippen LogP contribution is 2.16. The van der Waals surface area contributed by atoms with Crippen LogP contribution in [0.3, 0.4) is 0 Å². The largest absolute Gasteiger partial charge is 0.357 e. The standard InChI is InChI=1S/C17H30N4OS.HI/c1-6-18-17(20-10-9-19-16(22)12(2)3)21-13(4)11-15-8-7-14(5)23-15;/h7-8,12-13H,6,9-11H2,1-5H3,(H,19,22)(H2,18,20,21);1H. The highest BCUT2D eigenvalue weighted by Gasteiger charge is 2.08. The Kier molecular flexibility index (Phi) is 12.1. The molecule has 0 saturated carbocycles. The first-order valence-electron chi connectivity index (χ1n) is 8.30. The van der Waals surface area contributed by atoms with Gasteiger partial charge in [0, 0.05) is 41.2 Å². The van der Waals surface area contributed by atoms with Crippen molar-refractivity contribution in [1.82, 2.24) is 16.0 Å². The molecule has 1 amide bonds. The van der Waals surface area contributed by atoms with Gasteiger partial charge in [0.25, 0.3) is 0 Å². The van der Waals surface area contributed by atoms with E-state index >= 15 is 0 Å². The van der Waals surface area contributed by atoms with Gasteiger partial charge in [0.1, 0.15) is 0 Å². The van der Waals surface area contributed by atoms with Crippen LogP contribution in [0.2, 0.25) is 0 Å². The Morgan fingerprint density at radius 3 is 2.50 bits per heavy atom. The number of carbonyl (C=O) groups is 1. The molecule has 5 nitrogen and oxygen atoms in total. The van der Waals surface area contributed by atoms with Crippen LogP contribution in [-0.4, -0.2) is 37.5 Å². The van der Waals surface area contributed by atoms with Crippen molar-refractivity contribution >= 4 is 47.2 Å². The van der Waals surface area contributed by atoms with E-state index in [0.717, 1.165) is 18.9 Å². The molecule has 0 spiro atoms. The number of halogens is 1. The smallest absolute Gasteiger partial charge is 0.222 e. The topological polar surface area (TPSA) is 65.5 Å². The van der Waals surface area contributed by atoms with Crippen LogP contribution in [0.4, 0.5) is 0 Å². The molecular formula is C17H31IN4OS. The summed E-state index contributed by atoms with van der Waals surface area (Å²) in [6.45, 7) is 12.0. The number of aryl methyl sites for hydroxylation is 1. The fourth-order valence-electron chi connectivity index (χ4n) is 2.05. The number of aliphatic imine (C=N–C) groups is 1. The van der Waals surface area contributed by atoms with Gasteiger partial charge in [-0.3, -0.25) is 9.79 Å². The molecule has 0 radical (unpaired) electrons. The summed E-state index contributed by atoms with van der Waals surface area (Å²) < 4.78 is 0. The number of guanidine groups is 1. The summed E-state index contributed by atoms with van der Waals surface area (Å²) in [4.78, 5) is 18.7. The van der Waals surface area contributed by atoms with E-state index in [9.17, 15) is 4.79 Å². The first-order chi connectivity index (χ1) is 10.9. The van der Waals surface area contributed by atoms with Crippen molar-refractivity contribution in [3.8, 4) is 0 Å². The lowest BCUT2D eigenvalue weighted by Gasteiger charge is -2.17. The average Bonchev–Trinajstić information content (AvgIpc) is 2.88. The molecule has 1 unspecified atom stereocenters. The average molecular weight is 466 g/mol. The minimum Gasteiger partial charge on any atom is -0.357 e. The summed E-state index contributed by atoms with van der Waals surface area (Å²) in [5.74, 6) is 0.881. The molecule has 0 aliphatic heterocycles. The Balaban J connectivity index is 0.00000529. The van der Waals surface area contributed by atoms with Crippen LogP contribution >= 0.6 is 35.3 Å². The minimum absolute atomic E-state index is 0. The molecule has 1 aromatic heterocycles. The first kappa shape index (κ1) is 23.2. The Morgan fingerprint density at radius 2 is 1.96 bits per heavy atom. The van der Waals surface area contributed by atoms with E-state index in [4.69, 9.17) is 0 Å². The highest BCUT2D eigenvalue weighted by atomic mass is 127. The van der Waals surface area contributed by atoms with Crippen molar-refractivity contribution in [2.24, 2.45) is 10.9 Å². The van der Waals surface area contributed by atoms with Crippen molar-refractivity contribution in [3.63, 3.8) is 0 Å². The second kappa shape index (κ2) is 12.5. The van der Waals surface area contributed by atoms with Gasteiger partial charge >= 0.3 is 0 Å². The summed E-state index contributed by atoms with van der Waals surface area (Å²) in [5, 5.41) is 9.54. The van der Waals surface area contributed by atoms with E-state index < -0.39 is 0 Å². The van der Waals surface area contributed by atoms with Gasteiger partial charge in [0.15, 0.2) is 5.96 Å². The highest BCUT2D eigenvalue weighted by molar-refractivity contribution is 14.0. The number of hydrogen-bond donors (Lipinski definition) is 3. The third-order valence-corrected chi connectivity index (χ3v) is 4.26. The van der Waals surface area contributed by atoms with Crippen molar-refractivity contribution in [2.75, 3.05) is 19.6 Å². The van der Waals surface area contributed by atoms with Crippen molar-refractivity contribution < 1.29 is 4.79 Å². The molecule has 0 fully saturated rings. The molecule has 0 aromatic carbocycles. The maximum Gasteiger partial charge on any atom is 0.222 e. The van der Waals surface area contributed by atoms with Crippen molar-refractivity contribution in [2.45, 2.75) is 47.1 Å². The maximum absolute atomic E-state index is 11.5. The molecule has 0 aliphatic carbocycles. The molecule has 1 rings (SSSR count). The number of carbonyl (C=O) groups excluding carboxylic acids is 1. The zero-order valence-corrected chi connectivity index (χ0v) is 18.5. The molecule has 0 aliphatic rings. The predicted molar refractivity (Wildman–Crippen MR) is 115 cm³/mol. The van der Waals surface area contributed by atoms with Gasteiger partial charge in [-0.1, -0.05) is 13.8 Å². The Bertz CT molecular complexity index is 516. The van der Waals surface area contributed by atoms with E-state index in [1.54, 1.807) is 0 Å². The number of nitrogens with zero attached hydrogens (tertiary/aromatic N) is 1. The van der Waals surface area contributed by atoms with Gasteiger partial charge < -0.3 is 16.0 Å². The fourth-order valence-corrected chi connectivity index (χ4v) is 3.07. The molecule has 1 heterocycles. The minimum atomic E-state index is 0. The summed E-state index contributed by atoms with van der Waals surface area (Å²) in [5.41, 5.74) is 0. The molecule has 0 saturated heterocycles. The van der Waals surface area contributed by atoms with Crippen molar-refractivity contribution in [1.29, 1.82) is 0 Å². The summed E-state index contributed by atoms with van der Waals surface area (Å²) >= 11 is 1.84. The lowest BCUT2D eigenvalue weighted by molar-refractivity contribution is -0.123.